The van der Waals surface area contributed by atoms with Crippen molar-refractivity contribution < 1.29 is 0 Å². The second-order valence-electron chi connectivity index (χ2n) is 4.96. The van der Waals surface area contributed by atoms with Crippen LogP contribution in [0.25, 0.3) is 0 Å². The molecule has 1 atom stereocenters. The SMILES string of the molecule is Cc1cc(NC(Cc2cccs2)c2cccs2)ccc1Br. The Labute approximate surface area is 141 Å². The predicted octanol–water partition coefficient (Wildman–Crippen LogP) is 6.28. The number of benzene rings is 1. The van der Waals surface area contributed by atoms with Gasteiger partial charge < -0.3 is 5.32 Å². The maximum atomic E-state index is 3.68. The van der Waals surface area contributed by atoms with Gasteiger partial charge in [-0.15, -0.1) is 22.7 Å². The highest BCUT2D eigenvalue weighted by molar-refractivity contribution is 9.10. The van der Waals surface area contributed by atoms with Crippen molar-refractivity contribution >= 4 is 44.3 Å². The van der Waals surface area contributed by atoms with E-state index in [1.54, 1.807) is 0 Å². The zero-order valence-electron chi connectivity index (χ0n) is 11.7. The molecule has 4 heteroatoms. The smallest absolute Gasteiger partial charge is 0.0654 e. The molecule has 0 aliphatic rings. The molecule has 2 heterocycles. The van der Waals surface area contributed by atoms with Crippen LogP contribution in [0, 0.1) is 6.92 Å². The molecule has 0 amide bonds. The highest BCUT2D eigenvalue weighted by Gasteiger charge is 2.14. The molecular weight excluding hydrogens is 362 g/mol. The monoisotopic (exact) mass is 377 g/mol. The number of nitrogens with one attached hydrogen (secondary N) is 1. The lowest BCUT2D eigenvalue weighted by Gasteiger charge is -2.19. The molecule has 2 aromatic heterocycles. The Morgan fingerprint density at radius 3 is 2.57 bits per heavy atom. The van der Waals surface area contributed by atoms with Crippen LogP contribution in [0.5, 0.6) is 0 Å². The van der Waals surface area contributed by atoms with Crippen molar-refractivity contribution in [1.29, 1.82) is 0 Å². The first-order valence-corrected chi connectivity index (χ1v) is 9.36. The Bertz CT molecular complexity index is 690. The van der Waals surface area contributed by atoms with Gasteiger partial charge in [0.15, 0.2) is 0 Å². The van der Waals surface area contributed by atoms with Crippen molar-refractivity contribution in [2.45, 2.75) is 19.4 Å². The van der Waals surface area contributed by atoms with E-state index < -0.39 is 0 Å². The summed E-state index contributed by atoms with van der Waals surface area (Å²) < 4.78 is 1.15. The van der Waals surface area contributed by atoms with Gasteiger partial charge >= 0.3 is 0 Å². The highest BCUT2D eigenvalue weighted by atomic mass is 79.9. The number of thiophene rings is 2. The molecule has 0 saturated carbocycles. The highest BCUT2D eigenvalue weighted by Crippen LogP contribution is 2.29. The normalized spacial score (nSPS) is 12.3. The van der Waals surface area contributed by atoms with Crippen LogP contribution in [-0.2, 0) is 6.42 Å². The number of anilines is 1. The first-order chi connectivity index (χ1) is 10.2. The van der Waals surface area contributed by atoms with Crippen LogP contribution in [-0.4, -0.2) is 0 Å². The fourth-order valence-corrected chi connectivity index (χ4v) is 4.05. The lowest BCUT2D eigenvalue weighted by Crippen LogP contribution is -2.12. The van der Waals surface area contributed by atoms with Crippen LogP contribution < -0.4 is 5.32 Å². The van der Waals surface area contributed by atoms with E-state index in [2.05, 4.69) is 81.4 Å². The topological polar surface area (TPSA) is 12.0 Å². The molecular formula is C17H16BrNS2. The maximum Gasteiger partial charge on any atom is 0.0654 e. The van der Waals surface area contributed by atoms with Crippen LogP contribution in [0.1, 0.15) is 21.4 Å². The minimum absolute atomic E-state index is 0.323. The molecule has 0 radical (unpaired) electrons. The molecule has 1 N–H and O–H groups in total. The average molecular weight is 378 g/mol. The van der Waals surface area contributed by atoms with E-state index in [0.717, 1.165) is 10.9 Å². The van der Waals surface area contributed by atoms with Gasteiger partial charge in [-0.25, -0.2) is 0 Å². The molecule has 1 aromatic carbocycles. The largest absolute Gasteiger partial charge is 0.377 e. The van der Waals surface area contributed by atoms with Gasteiger partial charge in [0.25, 0.3) is 0 Å². The summed E-state index contributed by atoms with van der Waals surface area (Å²) >= 11 is 7.19. The van der Waals surface area contributed by atoms with E-state index in [1.165, 1.54) is 21.0 Å². The summed E-state index contributed by atoms with van der Waals surface area (Å²) in [5, 5.41) is 7.97. The van der Waals surface area contributed by atoms with Crippen LogP contribution in [0.2, 0.25) is 0 Å². The quantitative estimate of drug-likeness (QED) is 0.551. The van der Waals surface area contributed by atoms with Gasteiger partial charge in [0, 0.05) is 26.3 Å². The van der Waals surface area contributed by atoms with Gasteiger partial charge in [-0.05, 0) is 53.6 Å². The fraction of sp³-hybridized carbons (Fsp3) is 0.176. The van der Waals surface area contributed by atoms with Crippen molar-refractivity contribution in [3.8, 4) is 0 Å². The lowest BCUT2D eigenvalue weighted by molar-refractivity contribution is 0.802. The Morgan fingerprint density at radius 1 is 1.10 bits per heavy atom. The molecule has 108 valence electrons. The van der Waals surface area contributed by atoms with Crippen molar-refractivity contribution in [2.24, 2.45) is 0 Å². The van der Waals surface area contributed by atoms with E-state index in [1.807, 2.05) is 22.7 Å². The van der Waals surface area contributed by atoms with Crippen molar-refractivity contribution in [3.05, 3.63) is 73.0 Å². The third-order valence-electron chi connectivity index (χ3n) is 3.37. The summed E-state index contributed by atoms with van der Waals surface area (Å²) in [6.45, 7) is 2.12. The molecule has 0 aliphatic carbocycles. The number of hydrogen-bond acceptors (Lipinski definition) is 3. The molecule has 1 unspecified atom stereocenters. The van der Waals surface area contributed by atoms with Gasteiger partial charge in [-0.1, -0.05) is 28.1 Å². The maximum absolute atomic E-state index is 3.68. The zero-order valence-corrected chi connectivity index (χ0v) is 14.9. The first kappa shape index (κ1) is 14.8. The molecule has 3 aromatic rings. The second-order valence-corrected chi connectivity index (χ2v) is 7.83. The Morgan fingerprint density at radius 2 is 1.90 bits per heavy atom. The predicted molar refractivity (Wildman–Crippen MR) is 97.6 cm³/mol. The molecule has 3 rings (SSSR count). The molecule has 0 saturated heterocycles. The fourth-order valence-electron chi connectivity index (χ4n) is 2.28. The molecule has 0 aliphatic heterocycles. The van der Waals surface area contributed by atoms with Crippen molar-refractivity contribution in [1.82, 2.24) is 0 Å². The minimum atomic E-state index is 0.323. The summed E-state index contributed by atoms with van der Waals surface area (Å²) in [6, 6.07) is 15.4. The summed E-state index contributed by atoms with van der Waals surface area (Å²) in [6.07, 6.45) is 1.02. The third-order valence-corrected chi connectivity index (χ3v) is 6.15. The average Bonchev–Trinajstić information content (AvgIpc) is 3.15. The van der Waals surface area contributed by atoms with E-state index in [-0.39, 0.29) is 0 Å². The van der Waals surface area contributed by atoms with Crippen LogP contribution in [0.3, 0.4) is 0 Å². The van der Waals surface area contributed by atoms with Crippen LogP contribution >= 0.6 is 38.6 Å². The van der Waals surface area contributed by atoms with Gasteiger partial charge in [0.2, 0.25) is 0 Å². The van der Waals surface area contributed by atoms with Gasteiger partial charge in [0.05, 0.1) is 6.04 Å². The molecule has 0 fully saturated rings. The summed E-state index contributed by atoms with van der Waals surface area (Å²) in [7, 11) is 0. The molecule has 1 nitrogen and oxygen atoms in total. The number of rotatable bonds is 5. The number of aryl methyl sites for hydroxylation is 1. The molecule has 0 spiro atoms. The summed E-state index contributed by atoms with van der Waals surface area (Å²) in [4.78, 5) is 2.79. The Hall–Kier alpha value is -1.10. The second kappa shape index (κ2) is 6.77. The third kappa shape index (κ3) is 3.76. The standard InChI is InChI=1S/C17H16BrNS2/c1-12-10-13(6-7-15(12)18)19-16(17-5-3-9-21-17)11-14-4-2-8-20-14/h2-10,16,19H,11H2,1H3. The van der Waals surface area contributed by atoms with Gasteiger partial charge in [-0.2, -0.15) is 0 Å². The van der Waals surface area contributed by atoms with Gasteiger partial charge in [-0.3, -0.25) is 0 Å². The molecule has 0 bridgehead atoms. The van der Waals surface area contributed by atoms with E-state index in [4.69, 9.17) is 0 Å². The first-order valence-electron chi connectivity index (χ1n) is 6.81. The van der Waals surface area contributed by atoms with E-state index in [0.29, 0.717) is 6.04 Å². The van der Waals surface area contributed by atoms with Crippen molar-refractivity contribution in [2.75, 3.05) is 5.32 Å². The van der Waals surface area contributed by atoms with E-state index in [9.17, 15) is 0 Å². The minimum Gasteiger partial charge on any atom is -0.377 e. The summed E-state index contributed by atoms with van der Waals surface area (Å²) in [5.74, 6) is 0. The number of halogens is 1. The van der Waals surface area contributed by atoms with Gasteiger partial charge in [0.1, 0.15) is 0 Å². The van der Waals surface area contributed by atoms with Crippen molar-refractivity contribution in [3.63, 3.8) is 0 Å². The zero-order chi connectivity index (χ0) is 14.7. The van der Waals surface area contributed by atoms with E-state index >= 15 is 0 Å². The van der Waals surface area contributed by atoms with Crippen LogP contribution in [0.4, 0.5) is 5.69 Å². The van der Waals surface area contributed by atoms with Crippen LogP contribution in [0.15, 0.2) is 57.7 Å². The lowest BCUT2D eigenvalue weighted by atomic mass is 10.1. The summed E-state index contributed by atoms with van der Waals surface area (Å²) in [5.41, 5.74) is 2.42. The number of hydrogen-bond donors (Lipinski definition) is 1. The Balaban J connectivity index is 1.83. The molecule has 21 heavy (non-hydrogen) atoms. The Kier molecular flexibility index (Phi) is 4.78.